The van der Waals surface area contributed by atoms with E-state index in [9.17, 15) is 14.0 Å². The third-order valence-corrected chi connectivity index (χ3v) is 7.00. The van der Waals surface area contributed by atoms with Crippen molar-refractivity contribution in [3.63, 3.8) is 0 Å². The van der Waals surface area contributed by atoms with Crippen molar-refractivity contribution in [2.75, 3.05) is 21.3 Å². The van der Waals surface area contributed by atoms with Crippen molar-refractivity contribution in [2.45, 2.75) is 31.6 Å². The number of dihydropyridines is 1. The number of ketones is 1. The summed E-state index contributed by atoms with van der Waals surface area (Å²) in [5.41, 5.74) is 3.82. The van der Waals surface area contributed by atoms with Crippen LogP contribution in [0.2, 0.25) is 0 Å². The SMILES string of the molecule is COC(=O)C1=C(C)NC2=C(C(=O)C[C@@H](c3ccc(OC)c(OC)c3)C2)[C@@H]1c1ccc(F)c(Br)c1. The number of hydrogen-bond acceptors (Lipinski definition) is 6. The van der Waals surface area contributed by atoms with Crippen LogP contribution in [0.3, 0.4) is 0 Å². The molecule has 0 fully saturated rings. The number of carbonyl (C=O) groups excluding carboxylic acids is 2. The minimum atomic E-state index is -0.653. The van der Waals surface area contributed by atoms with E-state index in [0.29, 0.717) is 40.3 Å². The van der Waals surface area contributed by atoms with Gasteiger partial charge in [0.25, 0.3) is 0 Å². The highest BCUT2D eigenvalue weighted by Gasteiger charge is 2.41. The number of nitrogens with one attached hydrogen (secondary N) is 1. The van der Waals surface area contributed by atoms with E-state index in [2.05, 4.69) is 21.2 Å². The van der Waals surface area contributed by atoms with Gasteiger partial charge in [-0.15, -0.1) is 0 Å². The molecular formula is C26H25BrFNO5. The van der Waals surface area contributed by atoms with E-state index in [0.717, 1.165) is 11.3 Å². The van der Waals surface area contributed by atoms with Crippen LogP contribution in [-0.4, -0.2) is 33.1 Å². The average molecular weight is 530 g/mol. The molecule has 1 heterocycles. The number of halogens is 2. The maximum Gasteiger partial charge on any atom is 0.336 e. The lowest BCUT2D eigenvalue weighted by Gasteiger charge is -2.36. The summed E-state index contributed by atoms with van der Waals surface area (Å²) in [5, 5.41) is 3.29. The predicted molar refractivity (Wildman–Crippen MR) is 128 cm³/mol. The van der Waals surface area contributed by atoms with Gasteiger partial charge >= 0.3 is 5.97 Å². The molecule has 6 nitrogen and oxygen atoms in total. The monoisotopic (exact) mass is 529 g/mol. The van der Waals surface area contributed by atoms with Crippen molar-refractivity contribution in [1.82, 2.24) is 5.32 Å². The molecule has 1 aliphatic carbocycles. The van der Waals surface area contributed by atoms with E-state index in [1.54, 1.807) is 33.3 Å². The second-order valence-corrected chi connectivity index (χ2v) is 9.15. The predicted octanol–water partition coefficient (Wildman–Crippen LogP) is 5.14. The molecule has 2 aromatic carbocycles. The topological polar surface area (TPSA) is 73.9 Å². The fraction of sp³-hybridized carbons (Fsp3) is 0.308. The fourth-order valence-corrected chi connectivity index (χ4v) is 5.18. The molecule has 0 amide bonds. The number of hydrogen-bond donors (Lipinski definition) is 1. The number of allylic oxidation sites excluding steroid dienone is 3. The molecule has 0 saturated carbocycles. The Bertz CT molecular complexity index is 1240. The number of carbonyl (C=O) groups is 2. The van der Waals surface area contributed by atoms with E-state index < -0.39 is 17.7 Å². The number of methoxy groups -OCH3 is 3. The van der Waals surface area contributed by atoms with Crippen LogP contribution < -0.4 is 14.8 Å². The quantitative estimate of drug-likeness (QED) is 0.540. The highest BCUT2D eigenvalue weighted by molar-refractivity contribution is 9.10. The summed E-state index contributed by atoms with van der Waals surface area (Å²) in [6.45, 7) is 1.78. The van der Waals surface area contributed by atoms with Crippen molar-refractivity contribution >= 4 is 27.7 Å². The van der Waals surface area contributed by atoms with Gasteiger partial charge in [0, 0.05) is 29.3 Å². The zero-order chi connectivity index (χ0) is 24.6. The summed E-state index contributed by atoms with van der Waals surface area (Å²) in [5.74, 6) is -0.541. The Morgan fingerprint density at radius 3 is 2.38 bits per heavy atom. The van der Waals surface area contributed by atoms with Crippen LogP contribution in [0.4, 0.5) is 4.39 Å². The molecule has 0 spiro atoms. The van der Waals surface area contributed by atoms with Gasteiger partial charge in [0.15, 0.2) is 17.3 Å². The van der Waals surface area contributed by atoms with E-state index in [1.807, 2.05) is 18.2 Å². The van der Waals surface area contributed by atoms with Crippen molar-refractivity contribution in [3.05, 3.63) is 80.4 Å². The van der Waals surface area contributed by atoms with Crippen LogP contribution in [0.25, 0.3) is 0 Å². The first-order chi connectivity index (χ1) is 16.3. The van der Waals surface area contributed by atoms with E-state index in [-0.39, 0.29) is 22.6 Å². The lowest BCUT2D eigenvalue weighted by atomic mass is 9.71. The molecule has 8 heteroatoms. The highest BCUT2D eigenvalue weighted by Crippen LogP contribution is 2.46. The molecule has 2 atom stereocenters. The van der Waals surface area contributed by atoms with Gasteiger partial charge in [-0.3, -0.25) is 4.79 Å². The number of rotatable bonds is 5. The molecule has 0 saturated heterocycles. The maximum absolute atomic E-state index is 14.0. The smallest absolute Gasteiger partial charge is 0.336 e. The molecule has 2 aromatic rings. The Labute approximate surface area is 205 Å². The van der Waals surface area contributed by atoms with Crippen LogP contribution >= 0.6 is 15.9 Å². The van der Waals surface area contributed by atoms with Crippen LogP contribution in [0.1, 0.15) is 42.7 Å². The number of ether oxygens (including phenoxy) is 3. The summed E-state index contributed by atoms with van der Waals surface area (Å²) in [6.07, 6.45) is 0.837. The standard InChI is InChI=1S/C26H25BrFNO5/c1-13-23(26(31)34-4)24(15-5-7-18(28)17(27)9-15)25-19(29-13)10-16(11-20(25)30)14-6-8-21(32-2)22(12-14)33-3/h5-9,12,16,24,29H,10-11H2,1-4H3/t16-,24+/m0/s1. The Morgan fingerprint density at radius 1 is 1.03 bits per heavy atom. The lowest BCUT2D eigenvalue weighted by molar-refractivity contribution is -0.136. The second kappa shape index (κ2) is 9.62. The molecule has 0 bridgehead atoms. The number of benzene rings is 2. The number of Topliss-reactive ketones (excluding diaryl/α,β-unsaturated/α-hetero) is 1. The number of esters is 1. The van der Waals surface area contributed by atoms with E-state index in [1.165, 1.54) is 13.2 Å². The molecule has 4 rings (SSSR count). The normalized spacial score (nSPS) is 20.0. The van der Waals surface area contributed by atoms with Crippen LogP contribution in [-0.2, 0) is 14.3 Å². The maximum atomic E-state index is 14.0. The first-order valence-electron chi connectivity index (χ1n) is 10.8. The van der Waals surface area contributed by atoms with E-state index in [4.69, 9.17) is 14.2 Å². The Kier molecular flexibility index (Phi) is 6.79. The zero-order valence-electron chi connectivity index (χ0n) is 19.3. The third-order valence-electron chi connectivity index (χ3n) is 6.39. The van der Waals surface area contributed by atoms with Crippen molar-refractivity contribution in [1.29, 1.82) is 0 Å². The molecule has 1 aliphatic heterocycles. The summed E-state index contributed by atoms with van der Waals surface area (Å²) in [4.78, 5) is 26.3. The summed E-state index contributed by atoms with van der Waals surface area (Å²) >= 11 is 3.22. The van der Waals surface area contributed by atoms with E-state index >= 15 is 0 Å². The molecular weight excluding hydrogens is 505 g/mol. The molecule has 34 heavy (non-hydrogen) atoms. The first kappa shape index (κ1) is 24.0. The van der Waals surface area contributed by atoms with Crippen LogP contribution in [0, 0.1) is 5.82 Å². The Morgan fingerprint density at radius 2 is 1.74 bits per heavy atom. The molecule has 2 aliphatic rings. The fourth-order valence-electron chi connectivity index (χ4n) is 4.79. The Hall–Kier alpha value is -3.13. The van der Waals surface area contributed by atoms with Gasteiger partial charge in [-0.05, 0) is 70.6 Å². The van der Waals surface area contributed by atoms with Gasteiger partial charge in [0.2, 0.25) is 0 Å². The molecule has 0 radical (unpaired) electrons. The lowest BCUT2D eigenvalue weighted by Crippen LogP contribution is -2.36. The van der Waals surface area contributed by atoms with Crippen LogP contribution in [0.15, 0.2) is 63.4 Å². The van der Waals surface area contributed by atoms with Gasteiger partial charge < -0.3 is 19.5 Å². The van der Waals surface area contributed by atoms with Crippen molar-refractivity contribution < 1.29 is 28.2 Å². The third kappa shape index (κ3) is 4.22. The van der Waals surface area contributed by atoms with Crippen LogP contribution in [0.5, 0.6) is 11.5 Å². The molecule has 178 valence electrons. The molecule has 0 unspecified atom stereocenters. The van der Waals surface area contributed by atoms with Crippen molar-refractivity contribution in [2.24, 2.45) is 0 Å². The zero-order valence-corrected chi connectivity index (χ0v) is 20.9. The molecule has 1 N–H and O–H groups in total. The second-order valence-electron chi connectivity index (χ2n) is 8.30. The van der Waals surface area contributed by atoms with Gasteiger partial charge in [-0.2, -0.15) is 0 Å². The van der Waals surface area contributed by atoms with Gasteiger partial charge in [0.1, 0.15) is 5.82 Å². The minimum absolute atomic E-state index is 0.0760. The average Bonchev–Trinajstić information content (AvgIpc) is 2.83. The Balaban J connectivity index is 1.79. The van der Waals surface area contributed by atoms with Gasteiger partial charge in [-0.25, -0.2) is 9.18 Å². The molecule has 0 aromatic heterocycles. The summed E-state index contributed by atoms with van der Waals surface area (Å²) < 4.78 is 30.0. The van der Waals surface area contributed by atoms with Gasteiger partial charge in [0.05, 0.1) is 31.4 Å². The minimum Gasteiger partial charge on any atom is -0.493 e. The van der Waals surface area contributed by atoms with Crippen molar-refractivity contribution in [3.8, 4) is 11.5 Å². The largest absolute Gasteiger partial charge is 0.493 e. The van der Waals surface area contributed by atoms with Gasteiger partial charge in [-0.1, -0.05) is 12.1 Å². The summed E-state index contributed by atoms with van der Waals surface area (Å²) in [7, 11) is 4.46. The first-order valence-corrected chi connectivity index (χ1v) is 11.6. The summed E-state index contributed by atoms with van der Waals surface area (Å²) in [6, 6.07) is 10.2. The highest BCUT2D eigenvalue weighted by atomic mass is 79.9.